The average molecular weight is 544 g/mol. The lowest BCUT2D eigenvalue weighted by atomic mass is 10.0. The molecule has 0 aromatic heterocycles. The van der Waals surface area contributed by atoms with Gasteiger partial charge in [0.1, 0.15) is 6.61 Å². The molecule has 0 amide bonds. The summed E-state index contributed by atoms with van der Waals surface area (Å²) in [7, 11) is 1.54. The van der Waals surface area contributed by atoms with Gasteiger partial charge < -0.3 is 9.47 Å². The zero-order chi connectivity index (χ0) is 22.4. The largest absolute Gasteiger partial charge is 0.493 e. The van der Waals surface area contributed by atoms with E-state index in [1.54, 1.807) is 31.4 Å². The molecular weight excluding hydrogens is 528 g/mol. The van der Waals surface area contributed by atoms with E-state index in [0.29, 0.717) is 33.7 Å². The van der Waals surface area contributed by atoms with E-state index in [2.05, 4.69) is 37.9 Å². The van der Waals surface area contributed by atoms with Crippen LogP contribution in [0.5, 0.6) is 11.5 Å². The minimum atomic E-state index is -0.478. The van der Waals surface area contributed by atoms with E-state index in [1.165, 1.54) is 12.1 Å². The summed E-state index contributed by atoms with van der Waals surface area (Å²) in [4.78, 5) is 10.4. The van der Waals surface area contributed by atoms with Crippen LogP contribution < -0.4 is 9.47 Å². The van der Waals surface area contributed by atoms with E-state index in [-0.39, 0.29) is 5.69 Å². The summed E-state index contributed by atoms with van der Waals surface area (Å²) in [5, 5.41) is 20.4. The number of halogens is 2. The number of rotatable bonds is 7. The minimum Gasteiger partial charge on any atom is -0.493 e. The molecule has 156 valence electrons. The second-order valence-electron chi connectivity index (χ2n) is 6.42. The average Bonchev–Trinajstić information content (AvgIpc) is 2.77. The number of methoxy groups -OCH3 is 1. The predicted octanol–water partition coefficient (Wildman–Crippen LogP) is 6.77. The summed E-state index contributed by atoms with van der Waals surface area (Å²) in [6, 6.07) is 19.4. The van der Waals surface area contributed by atoms with Gasteiger partial charge in [0.05, 0.1) is 28.1 Å². The molecule has 3 aromatic carbocycles. The van der Waals surface area contributed by atoms with Gasteiger partial charge in [0, 0.05) is 16.6 Å². The van der Waals surface area contributed by atoms with Crippen molar-refractivity contribution in [3.05, 3.63) is 96.4 Å². The molecule has 0 aliphatic carbocycles. The van der Waals surface area contributed by atoms with E-state index >= 15 is 0 Å². The summed E-state index contributed by atoms with van der Waals surface area (Å²) >= 11 is 6.93. The van der Waals surface area contributed by atoms with Crippen molar-refractivity contribution in [2.24, 2.45) is 0 Å². The Hall–Kier alpha value is -3.15. The lowest BCUT2D eigenvalue weighted by Crippen LogP contribution is -1.99. The minimum absolute atomic E-state index is 0.0299. The Morgan fingerprint density at radius 2 is 1.81 bits per heavy atom. The quantitative estimate of drug-likeness (QED) is 0.142. The highest BCUT2D eigenvalue weighted by Gasteiger charge is 2.13. The Bertz CT molecular complexity index is 1170. The van der Waals surface area contributed by atoms with Gasteiger partial charge in [-0.1, -0.05) is 28.1 Å². The van der Waals surface area contributed by atoms with Crippen molar-refractivity contribution < 1.29 is 14.4 Å². The van der Waals surface area contributed by atoms with E-state index in [0.717, 1.165) is 15.6 Å². The smallest absolute Gasteiger partial charge is 0.269 e. The van der Waals surface area contributed by atoms with Gasteiger partial charge in [-0.2, -0.15) is 5.26 Å². The molecule has 0 saturated carbocycles. The maximum Gasteiger partial charge on any atom is 0.269 e. The fourth-order valence-corrected chi connectivity index (χ4v) is 3.65. The second-order valence-corrected chi connectivity index (χ2v) is 8.19. The Morgan fingerprint density at radius 3 is 2.39 bits per heavy atom. The standard InChI is InChI=1S/C23H16Br2N2O4/c1-30-22-12-16(10-18(13-26)17-4-8-20(9-5-17)27(28)29)11-21(25)23(22)31-14-15-2-6-19(24)7-3-15/h2-12H,14H2,1H3/b18-10-. The fraction of sp³-hybridized carbons (Fsp3) is 0.0870. The molecule has 0 bridgehead atoms. The van der Waals surface area contributed by atoms with Gasteiger partial charge in [0.25, 0.3) is 5.69 Å². The van der Waals surface area contributed by atoms with Crippen molar-refractivity contribution in [3.8, 4) is 17.6 Å². The number of hydrogen-bond acceptors (Lipinski definition) is 5. The van der Waals surface area contributed by atoms with Crippen LogP contribution in [-0.2, 0) is 6.61 Å². The Labute approximate surface area is 196 Å². The van der Waals surface area contributed by atoms with Crippen LogP contribution in [-0.4, -0.2) is 12.0 Å². The number of ether oxygens (including phenoxy) is 2. The first-order valence-electron chi connectivity index (χ1n) is 9.02. The van der Waals surface area contributed by atoms with Gasteiger partial charge in [-0.05, 0) is 75.1 Å². The van der Waals surface area contributed by atoms with Crippen LogP contribution in [0.25, 0.3) is 11.6 Å². The molecule has 6 nitrogen and oxygen atoms in total. The molecule has 0 heterocycles. The highest BCUT2D eigenvalue weighted by Crippen LogP contribution is 2.38. The van der Waals surface area contributed by atoms with Gasteiger partial charge in [0.15, 0.2) is 11.5 Å². The maximum atomic E-state index is 10.8. The SMILES string of the molecule is COc1cc(/C=C(/C#N)c2ccc([N+](=O)[O-])cc2)cc(Br)c1OCc1ccc(Br)cc1. The molecule has 8 heteroatoms. The van der Waals surface area contributed by atoms with Crippen LogP contribution in [0.2, 0.25) is 0 Å². The number of hydrogen-bond donors (Lipinski definition) is 0. The van der Waals surface area contributed by atoms with Gasteiger partial charge in [-0.25, -0.2) is 0 Å². The van der Waals surface area contributed by atoms with E-state index in [1.807, 2.05) is 30.3 Å². The summed E-state index contributed by atoms with van der Waals surface area (Å²) in [5.41, 5.74) is 2.64. The lowest BCUT2D eigenvalue weighted by molar-refractivity contribution is -0.384. The van der Waals surface area contributed by atoms with Gasteiger partial charge in [0.2, 0.25) is 0 Å². The van der Waals surface area contributed by atoms with Gasteiger partial charge in [-0.3, -0.25) is 10.1 Å². The maximum absolute atomic E-state index is 10.8. The summed E-state index contributed by atoms with van der Waals surface area (Å²) < 4.78 is 13.1. The molecule has 3 aromatic rings. The molecule has 0 aliphatic rings. The third-order valence-electron chi connectivity index (χ3n) is 4.37. The summed E-state index contributed by atoms with van der Waals surface area (Å²) in [6.07, 6.45) is 1.69. The number of nitro groups is 1. The zero-order valence-corrected chi connectivity index (χ0v) is 19.5. The van der Waals surface area contributed by atoms with Gasteiger partial charge >= 0.3 is 0 Å². The normalized spacial score (nSPS) is 11.0. The van der Waals surface area contributed by atoms with Crippen LogP contribution in [0.4, 0.5) is 5.69 Å². The lowest BCUT2D eigenvalue weighted by Gasteiger charge is -2.14. The first-order chi connectivity index (χ1) is 14.9. The molecule has 0 atom stereocenters. The molecule has 0 spiro atoms. The van der Waals surface area contributed by atoms with Crippen molar-refractivity contribution in [1.29, 1.82) is 5.26 Å². The molecule has 0 N–H and O–H groups in total. The van der Waals surface area contributed by atoms with E-state index in [4.69, 9.17) is 9.47 Å². The third-order valence-corrected chi connectivity index (χ3v) is 5.49. The zero-order valence-electron chi connectivity index (χ0n) is 16.3. The van der Waals surface area contributed by atoms with Crippen LogP contribution >= 0.6 is 31.9 Å². The van der Waals surface area contributed by atoms with Crippen molar-refractivity contribution in [1.82, 2.24) is 0 Å². The molecule has 31 heavy (non-hydrogen) atoms. The first kappa shape index (κ1) is 22.5. The van der Waals surface area contributed by atoms with Crippen molar-refractivity contribution >= 4 is 49.2 Å². The topological polar surface area (TPSA) is 85.4 Å². The Balaban J connectivity index is 1.87. The number of benzene rings is 3. The number of nitrogens with zero attached hydrogens (tertiary/aromatic N) is 2. The molecule has 0 fully saturated rings. The van der Waals surface area contributed by atoms with Gasteiger partial charge in [-0.15, -0.1) is 0 Å². The molecule has 3 rings (SSSR count). The van der Waals surface area contributed by atoms with Crippen LogP contribution in [0, 0.1) is 21.4 Å². The van der Waals surface area contributed by atoms with Crippen molar-refractivity contribution in [3.63, 3.8) is 0 Å². The second kappa shape index (κ2) is 10.2. The monoisotopic (exact) mass is 542 g/mol. The summed E-state index contributed by atoms with van der Waals surface area (Å²) in [5.74, 6) is 1.06. The van der Waals surface area contributed by atoms with Crippen molar-refractivity contribution in [2.75, 3.05) is 7.11 Å². The number of non-ortho nitro benzene ring substituents is 1. The molecular formula is C23H16Br2N2O4. The molecule has 0 unspecified atom stereocenters. The predicted molar refractivity (Wildman–Crippen MR) is 126 cm³/mol. The molecule has 0 saturated heterocycles. The van der Waals surface area contributed by atoms with Crippen LogP contribution in [0.15, 0.2) is 69.6 Å². The molecule has 0 radical (unpaired) electrons. The number of nitriles is 1. The highest BCUT2D eigenvalue weighted by molar-refractivity contribution is 9.10. The third kappa shape index (κ3) is 5.72. The van der Waals surface area contributed by atoms with Crippen LogP contribution in [0.3, 0.4) is 0 Å². The number of nitro benzene ring substituents is 1. The highest BCUT2D eigenvalue weighted by atomic mass is 79.9. The fourth-order valence-electron chi connectivity index (χ4n) is 2.81. The molecule has 0 aliphatic heterocycles. The Morgan fingerprint density at radius 1 is 1.13 bits per heavy atom. The van der Waals surface area contributed by atoms with Crippen molar-refractivity contribution in [2.45, 2.75) is 6.61 Å². The number of allylic oxidation sites excluding steroid dienone is 1. The van der Waals surface area contributed by atoms with Crippen LogP contribution in [0.1, 0.15) is 16.7 Å². The first-order valence-corrected chi connectivity index (χ1v) is 10.6. The van der Waals surface area contributed by atoms with E-state index in [9.17, 15) is 15.4 Å². The van der Waals surface area contributed by atoms with E-state index < -0.39 is 4.92 Å². The summed E-state index contributed by atoms with van der Waals surface area (Å²) in [6.45, 7) is 0.365. The Kier molecular flexibility index (Phi) is 7.45.